The largest absolute Gasteiger partial charge is 0.123 e. The van der Waals surface area contributed by atoms with Crippen LogP contribution in [-0.2, 0) is 6.42 Å². The monoisotopic (exact) mass is 238 g/mol. The van der Waals surface area contributed by atoms with Crippen LogP contribution in [0.3, 0.4) is 0 Å². The zero-order valence-corrected chi connectivity index (χ0v) is 11.6. The van der Waals surface area contributed by atoms with E-state index in [2.05, 4.69) is 52.0 Å². The molecule has 0 aliphatic heterocycles. The van der Waals surface area contributed by atoms with E-state index in [0.29, 0.717) is 17.2 Å². The Hall–Kier alpha value is -0.490. The zero-order chi connectivity index (χ0) is 12.1. The van der Waals surface area contributed by atoms with E-state index in [4.69, 9.17) is 11.6 Å². The number of aryl methyl sites for hydroxylation is 1. The minimum atomic E-state index is 0.296. The summed E-state index contributed by atoms with van der Waals surface area (Å²) in [5, 5.41) is 0.296. The summed E-state index contributed by atoms with van der Waals surface area (Å²) < 4.78 is 0. The van der Waals surface area contributed by atoms with Crippen LogP contribution in [0.2, 0.25) is 0 Å². The van der Waals surface area contributed by atoms with E-state index in [-0.39, 0.29) is 0 Å². The molecular weight excluding hydrogens is 216 g/mol. The SMILES string of the molecule is CC(C)c1ccc(CCC(Cl)C(C)C)cc1. The predicted molar refractivity (Wildman–Crippen MR) is 73.3 cm³/mol. The highest BCUT2D eigenvalue weighted by atomic mass is 35.5. The van der Waals surface area contributed by atoms with Crippen LogP contribution in [0, 0.1) is 5.92 Å². The fraction of sp³-hybridized carbons (Fsp3) is 0.600. The van der Waals surface area contributed by atoms with E-state index in [1.807, 2.05) is 0 Å². The van der Waals surface area contributed by atoms with Gasteiger partial charge in [-0.1, -0.05) is 52.0 Å². The van der Waals surface area contributed by atoms with Gasteiger partial charge in [-0.05, 0) is 35.8 Å². The van der Waals surface area contributed by atoms with E-state index >= 15 is 0 Å². The van der Waals surface area contributed by atoms with Crippen molar-refractivity contribution in [2.24, 2.45) is 5.92 Å². The molecule has 0 aliphatic rings. The maximum atomic E-state index is 6.25. The van der Waals surface area contributed by atoms with Gasteiger partial charge in [0.05, 0.1) is 0 Å². The minimum absolute atomic E-state index is 0.296. The molecule has 1 unspecified atom stereocenters. The molecule has 16 heavy (non-hydrogen) atoms. The lowest BCUT2D eigenvalue weighted by molar-refractivity contribution is 0.565. The fourth-order valence-corrected chi connectivity index (χ4v) is 1.82. The standard InChI is InChI=1S/C15H23Cl/c1-11(2)14-8-5-13(6-9-14)7-10-15(16)12(3)4/h5-6,8-9,11-12,15H,7,10H2,1-4H3. The Bertz CT molecular complexity index is 298. The maximum absolute atomic E-state index is 6.25. The van der Waals surface area contributed by atoms with Gasteiger partial charge in [0, 0.05) is 5.38 Å². The average Bonchev–Trinajstić information content (AvgIpc) is 2.26. The third-order valence-electron chi connectivity index (χ3n) is 3.08. The summed E-state index contributed by atoms with van der Waals surface area (Å²) in [6, 6.07) is 8.94. The van der Waals surface area contributed by atoms with Gasteiger partial charge in [-0.2, -0.15) is 0 Å². The van der Waals surface area contributed by atoms with Crippen LogP contribution in [-0.4, -0.2) is 5.38 Å². The molecule has 90 valence electrons. The second-order valence-corrected chi connectivity index (χ2v) is 5.76. The fourth-order valence-electron chi connectivity index (χ4n) is 1.71. The van der Waals surface area contributed by atoms with Gasteiger partial charge >= 0.3 is 0 Å². The van der Waals surface area contributed by atoms with Crippen molar-refractivity contribution < 1.29 is 0 Å². The van der Waals surface area contributed by atoms with Crippen molar-refractivity contribution in [3.8, 4) is 0 Å². The van der Waals surface area contributed by atoms with Gasteiger partial charge in [0.2, 0.25) is 0 Å². The second-order valence-electron chi connectivity index (χ2n) is 5.19. The van der Waals surface area contributed by atoms with Crippen molar-refractivity contribution in [3.05, 3.63) is 35.4 Å². The Balaban J connectivity index is 2.49. The Labute approximate surface area is 105 Å². The molecule has 1 heteroatoms. The van der Waals surface area contributed by atoms with Gasteiger partial charge in [-0.25, -0.2) is 0 Å². The molecule has 0 aromatic heterocycles. The number of hydrogen-bond donors (Lipinski definition) is 0. The van der Waals surface area contributed by atoms with Crippen molar-refractivity contribution in [1.29, 1.82) is 0 Å². The summed E-state index contributed by atoms with van der Waals surface area (Å²) in [5.41, 5.74) is 2.81. The molecule has 0 nitrogen and oxygen atoms in total. The van der Waals surface area contributed by atoms with Gasteiger partial charge in [-0.15, -0.1) is 11.6 Å². The molecule has 0 N–H and O–H groups in total. The zero-order valence-electron chi connectivity index (χ0n) is 10.8. The summed E-state index contributed by atoms with van der Waals surface area (Å²) in [4.78, 5) is 0. The molecule has 0 spiro atoms. The van der Waals surface area contributed by atoms with Crippen LogP contribution in [0.1, 0.15) is 51.2 Å². The van der Waals surface area contributed by atoms with E-state index < -0.39 is 0 Å². The lowest BCUT2D eigenvalue weighted by atomic mass is 9.98. The molecule has 1 aromatic rings. The maximum Gasteiger partial charge on any atom is 0.0362 e. The van der Waals surface area contributed by atoms with Crippen molar-refractivity contribution in [1.82, 2.24) is 0 Å². The van der Waals surface area contributed by atoms with E-state index in [1.165, 1.54) is 11.1 Å². The Morgan fingerprint density at radius 1 is 1.00 bits per heavy atom. The third-order valence-corrected chi connectivity index (χ3v) is 3.80. The first-order chi connectivity index (χ1) is 7.50. The molecule has 0 heterocycles. The molecular formula is C15H23Cl. The number of halogens is 1. The molecule has 0 amide bonds. The van der Waals surface area contributed by atoms with Gasteiger partial charge < -0.3 is 0 Å². The molecule has 0 saturated heterocycles. The number of hydrogen-bond acceptors (Lipinski definition) is 0. The summed E-state index contributed by atoms with van der Waals surface area (Å²) in [6.45, 7) is 8.81. The summed E-state index contributed by atoms with van der Waals surface area (Å²) in [6.07, 6.45) is 2.16. The van der Waals surface area contributed by atoms with Gasteiger partial charge in [0.1, 0.15) is 0 Å². The highest BCUT2D eigenvalue weighted by Gasteiger charge is 2.09. The van der Waals surface area contributed by atoms with Crippen molar-refractivity contribution in [3.63, 3.8) is 0 Å². The van der Waals surface area contributed by atoms with Crippen molar-refractivity contribution in [2.75, 3.05) is 0 Å². The number of rotatable bonds is 5. The molecule has 1 atom stereocenters. The van der Waals surface area contributed by atoms with Crippen LogP contribution in [0.15, 0.2) is 24.3 Å². The first-order valence-corrected chi connectivity index (χ1v) is 6.67. The normalized spacial score (nSPS) is 13.4. The van der Waals surface area contributed by atoms with Crippen LogP contribution in [0.5, 0.6) is 0 Å². The topological polar surface area (TPSA) is 0 Å². The summed E-state index contributed by atoms with van der Waals surface area (Å²) in [5.74, 6) is 1.18. The molecule has 0 radical (unpaired) electrons. The van der Waals surface area contributed by atoms with Crippen molar-refractivity contribution in [2.45, 2.75) is 51.8 Å². The first kappa shape index (κ1) is 13.6. The Kier molecular flexibility index (Phi) is 5.34. The Morgan fingerprint density at radius 3 is 2.00 bits per heavy atom. The molecule has 0 aliphatic carbocycles. The van der Waals surface area contributed by atoms with E-state index in [0.717, 1.165) is 12.8 Å². The smallest absolute Gasteiger partial charge is 0.0362 e. The van der Waals surface area contributed by atoms with Gasteiger partial charge in [0.25, 0.3) is 0 Å². The van der Waals surface area contributed by atoms with Crippen molar-refractivity contribution >= 4 is 11.6 Å². The van der Waals surface area contributed by atoms with E-state index in [1.54, 1.807) is 0 Å². The Morgan fingerprint density at radius 2 is 1.56 bits per heavy atom. The lowest BCUT2D eigenvalue weighted by Crippen LogP contribution is -2.08. The molecule has 1 aromatic carbocycles. The van der Waals surface area contributed by atoms with Gasteiger partial charge in [-0.3, -0.25) is 0 Å². The highest BCUT2D eigenvalue weighted by Crippen LogP contribution is 2.19. The quantitative estimate of drug-likeness (QED) is 0.633. The second kappa shape index (κ2) is 6.30. The average molecular weight is 239 g/mol. The lowest BCUT2D eigenvalue weighted by Gasteiger charge is -2.13. The van der Waals surface area contributed by atoms with Crippen LogP contribution >= 0.6 is 11.6 Å². The minimum Gasteiger partial charge on any atom is -0.123 e. The molecule has 0 bridgehead atoms. The van der Waals surface area contributed by atoms with Crippen LogP contribution < -0.4 is 0 Å². The van der Waals surface area contributed by atoms with Crippen LogP contribution in [0.4, 0.5) is 0 Å². The summed E-state index contributed by atoms with van der Waals surface area (Å²) in [7, 11) is 0. The third kappa shape index (κ3) is 4.17. The number of benzene rings is 1. The molecule has 0 saturated carbocycles. The van der Waals surface area contributed by atoms with E-state index in [9.17, 15) is 0 Å². The molecule has 0 fully saturated rings. The number of alkyl halides is 1. The molecule has 1 rings (SSSR count). The van der Waals surface area contributed by atoms with Crippen LogP contribution in [0.25, 0.3) is 0 Å². The van der Waals surface area contributed by atoms with Gasteiger partial charge in [0.15, 0.2) is 0 Å². The highest BCUT2D eigenvalue weighted by molar-refractivity contribution is 6.20. The predicted octanol–water partition coefficient (Wildman–Crippen LogP) is 5.01. The first-order valence-electron chi connectivity index (χ1n) is 6.23. The summed E-state index contributed by atoms with van der Waals surface area (Å²) >= 11 is 6.25.